The highest BCUT2D eigenvalue weighted by Crippen LogP contribution is 2.54. The summed E-state index contributed by atoms with van der Waals surface area (Å²) in [6.45, 7) is 0. The zero-order valence-electron chi connectivity index (χ0n) is 11.5. The normalized spacial score (nSPS) is 22.3. The number of pyridine rings is 1. The van der Waals surface area contributed by atoms with Crippen molar-refractivity contribution in [2.24, 2.45) is 11.8 Å². The maximum Gasteiger partial charge on any atom is 0.142 e. The fourth-order valence-electron chi connectivity index (χ4n) is 2.88. The van der Waals surface area contributed by atoms with E-state index >= 15 is 0 Å². The minimum Gasteiger partial charge on any atom is -0.495 e. The number of benzene rings is 1. The van der Waals surface area contributed by atoms with E-state index in [2.05, 4.69) is 34.7 Å². The molecule has 0 saturated heterocycles. The third-order valence-corrected chi connectivity index (χ3v) is 3.99. The molecule has 1 aromatic carbocycles. The second kappa shape index (κ2) is 5.61. The topological polar surface area (TPSA) is 60.2 Å². The van der Waals surface area contributed by atoms with E-state index in [9.17, 15) is 0 Å². The van der Waals surface area contributed by atoms with Crippen LogP contribution in [0, 0.1) is 5.92 Å². The van der Waals surface area contributed by atoms with Gasteiger partial charge in [-0.05, 0) is 36.0 Å². The molecule has 2 aromatic rings. The number of hydrogen-bond donors (Lipinski definition) is 2. The first-order chi connectivity index (χ1) is 9.85. The van der Waals surface area contributed by atoms with Crippen molar-refractivity contribution >= 4 is 0 Å². The summed E-state index contributed by atoms with van der Waals surface area (Å²) in [5, 5.41) is 0. The summed E-state index contributed by atoms with van der Waals surface area (Å²) >= 11 is 0. The average molecular weight is 269 g/mol. The molecule has 3 rings (SSSR count). The Morgan fingerprint density at radius 2 is 2.05 bits per heavy atom. The van der Waals surface area contributed by atoms with E-state index in [0.717, 1.165) is 17.9 Å². The first-order valence-corrected chi connectivity index (χ1v) is 6.85. The summed E-state index contributed by atoms with van der Waals surface area (Å²) in [5.74, 6) is 7.56. The molecule has 4 heteroatoms. The van der Waals surface area contributed by atoms with Crippen molar-refractivity contribution < 1.29 is 4.74 Å². The van der Waals surface area contributed by atoms with Crippen molar-refractivity contribution in [1.82, 2.24) is 10.4 Å². The zero-order chi connectivity index (χ0) is 13.9. The molecular formula is C16H19N3O. The molecular weight excluding hydrogens is 250 g/mol. The van der Waals surface area contributed by atoms with Crippen LogP contribution in [0.25, 0.3) is 0 Å². The molecule has 1 saturated carbocycles. The summed E-state index contributed by atoms with van der Waals surface area (Å²) in [6, 6.07) is 14.4. The lowest BCUT2D eigenvalue weighted by atomic mass is 10.0. The van der Waals surface area contributed by atoms with E-state index in [0.29, 0.717) is 11.8 Å². The van der Waals surface area contributed by atoms with Crippen molar-refractivity contribution in [2.45, 2.75) is 18.4 Å². The lowest BCUT2D eigenvalue weighted by Gasteiger charge is -2.18. The van der Waals surface area contributed by atoms with Crippen LogP contribution in [0.1, 0.15) is 29.6 Å². The summed E-state index contributed by atoms with van der Waals surface area (Å²) in [4.78, 5) is 4.44. The second-order valence-corrected chi connectivity index (χ2v) is 5.15. The first-order valence-electron chi connectivity index (χ1n) is 6.85. The largest absolute Gasteiger partial charge is 0.495 e. The number of hydrogen-bond acceptors (Lipinski definition) is 4. The summed E-state index contributed by atoms with van der Waals surface area (Å²) in [5.41, 5.74) is 5.17. The summed E-state index contributed by atoms with van der Waals surface area (Å²) in [6.07, 6.45) is 2.90. The van der Waals surface area contributed by atoms with E-state index in [1.807, 2.05) is 18.2 Å². The molecule has 1 aliphatic carbocycles. The van der Waals surface area contributed by atoms with Crippen LogP contribution in [-0.4, -0.2) is 12.1 Å². The molecule has 4 nitrogen and oxygen atoms in total. The maximum absolute atomic E-state index is 5.76. The molecule has 104 valence electrons. The van der Waals surface area contributed by atoms with Crippen LogP contribution in [0.5, 0.6) is 5.75 Å². The highest BCUT2D eigenvalue weighted by atomic mass is 16.5. The van der Waals surface area contributed by atoms with Gasteiger partial charge in [-0.25, -0.2) is 0 Å². The number of aromatic nitrogens is 1. The molecule has 1 aromatic heterocycles. The molecule has 1 fully saturated rings. The standard InChI is InChI=1S/C16H19N3O/c1-20-14-8-5-9-18-16(14)15(19-17)13-10-12(13)11-6-3-2-4-7-11/h2-9,12-13,15,19H,10,17H2,1H3. The number of nitrogens with two attached hydrogens (primary N) is 1. The van der Waals surface area contributed by atoms with Crippen LogP contribution in [0.4, 0.5) is 0 Å². The van der Waals surface area contributed by atoms with Gasteiger partial charge in [0.25, 0.3) is 0 Å². The van der Waals surface area contributed by atoms with Gasteiger partial charge in [0.1, 0.15) is 11.4 Å². The molecule has 0 radical (unpaired) electrons. The zero-order valence-corrected chi connectivity index (χ0v) is 11.5. The van der Waals surface area contributed by atoms with E-state index in [1.165, 1.54) is 5.56 Å². The molecule has 1 heterocycles. The summed E-state index contributed by atoms with van der Waals surface area (Å²) in [7, 11) is 1.66. The Hall–Kier alpha value is -1.91. The fourth-order valence-corrected chi connectivity index (χ4v) is 2.88. The van der Waals surface area contributed by atoms with Gasteiger partial charge >= 0.3 is 0 Å². The van der Waals surface area contributed by atoms with Crippen LogP contribution < -0.4 is 16.0 Å². The Kier molecular flexibility index (Phi) is 3.67. The first kappa shape index (κ1) is 13.1. The number of ether oxygens (including phenoxy) is 1. The molecule has 0 spiro atoms. The highest BCUT2D eigenvalue weighted by molar-refractivity contribution is 5.34. The van der Waals surface area contributed by atoms with E-state index in [4.69, 9.17) is 10.6 Å². The Balaban J connectivity index is 1.82. The number of nitrogens with one attached hydrogen (secondary N) is 1. The molecule has 0 amide bonds. The van der Waals surface area contributed by atoms with Crippen LogP contribution >= 0.6 is 0 Å². The number of hydrazine groups is 1. The second-order valence-electron chi connectivity index (χ2n) is 5.15. The van der Waals surface area contributed by atoms with Crippen LogP contribution in [0.15, 0.2) is 48.7 Å². The molecule has 0 bridgehead atoms. The molecule has 1 aliphatic rings. The van der Waals surface area contributed by atoms with E-state index < -0.39 is 0 Å². The van der Waals surface area contributed by atoms with Gasteiger partial charge in [0.15, 0.2) is 0 Å². The predicted molar refractivity (Wildman–Crippen MR) is 78.1 cm³/mol. The lowest BCUT2D eigenvalue weighted by molar-refractivity contribution is 0.385. The van der Waals surface area contributed by atoms with Crippen LogP contribution in [0.2, 0.25) is 0 Å². The Labute approximate surface area is 119 Å². The third kappa shape index (κ3) is 2.40. The number of nitrogens with zero attached hydrogens (tertiary/aromatic N) is 1. The Bertz CT molecular complexity index is 573. The molecule has 20 heavy (non-hydrogen) atoms. The molecule has 3 unspecified atom stereocenters. The monoisotopic (exact) mass is 269 g/mol. The number of methoxy groups -OCH3 is 1. The van der Waals surface area contributed by atoms with Crippen LogP contribution in [-0.2, 0) is 0 Å². The van der Waals surface area contributed by atoms with E-state index in [1.54, 1.807) is 13.3 Å². The van der Waals surface area contributed by atoms with Gasteiger partial charge in [0, 0.05) is 6.20 Å². The molecule has 0 aliphatic heterocycles. The van der Waals surface area contributed by atoms with E-state index in [-0.39, 0.29) is 6.04 Å². The predicted octanol–water partition coefficient (Wildman–Crippen LogP) is 2.40. The lowest BCUT2D eigenvalue weighted by Crippen LogP contribution is -2.30. The summed E-state index contributed by atoms with van der Waals surface area (Å²) < 4.78 is 5.39. The smallest absolute Gasteiger partial charge is 0.142 e. The SMILES string of the molecule is COc1cccnc1C(NN)C1CC1c1ccccc1. The average Bonchev–Trinajstić information content (AvgIpc) is 3.30. The highest BCUT2D eigenvalue weighted by Gasteiger charge is 2.45. The van der Waals surface area contributed by atoms with Gasteiger partial charge in [-0.3, -0.25) is 16.3 Å². The van der Waals surface area contributed by atoms with Gasteiger partial charge in [-0.1, -0.05) is 30.3 Å². The maximum atomic E-state index is 5.76. The minimum atomic E-state index is 0.0244. The van der Waals surface area contributed by atoms with Crippen LogP contribution in [0.3, 0.4) is 0 Å². The third-order valence-electron chi connectivity index (χ3n) is 3.99. The Morgan fingerprint density at radius 3 is 2.75 bits per heavy atom. The van der Waals surface area contributed by atoms with Gasteiger partial charge in [0.2, 0.25) is 0 Å². The van der Waals surface area contributed by atoms with Crippen molar-refractivity contribution in [3.8, 4) is 5.75 Å². The minimum absolute atomic E-state index is 0.0244. The van der Waals surface area contributed by atoms with Gasteiger partial charge < -0.3 is 4.74 Å². The fraction of sp³-hybridized carbons (Fsp3) is 0.312. The van der Waals surface area contributed by atoms with Gasteiger partial charge in [-0.15, -0.1) is 0 Å². The Morgan fingerprint density at radius 1 is 1.25 bits per heavy atom. The molecule has 3 N–H and O–H groups in total. The van der Waals surface area contributed by atoms with Crippen molar-refractivity contribution in [2.75, 3.05) is 7.11 Å². The van der Waals surface area contributed by atoms with Crippen molar-refractivity contribution in [3.05, 3.63) is 59.9 Å². The van der Waals surface area contributed by atoms with Crippen molar-refractivity contribution in [1.29, 1.82) is 0 Å². The van der Waals surface area contributed by atoms with Crippen molar-refractivity contribution in [3.63, 3.8) is 0 Å². The molecule has 3 atom stereocenters. The quantitative estimate of drug-likeness (QED) is 0.646. The van der Waals surface area contributed by atoms with Gasteiger partial charge in [0.05, 0.1) is 13.2 Å². The number of rotatable bonds is 5. The van der Waals surface area contributed by atoms with Gasteiger partial charge in [-0.2, -0.15) is 0 Å².